The highest BCUT2D eigenvalue weighted by Gasteiger charge is 2.51. The Labute approximate surface area is 428 Å². The van der Waals surface area contributed by atoms with Crippen LogP contribution in [0.3, 0.4) is 0 Å². The molecular formula is C71H44N2O. The maximum absolute atomic E-state index is 7.01. The van der Waals surface area contributed by atoms with Crippen LogP contribution in [0.2, 0.25) is 0 Å². The summed E-state index contributed by atoms with van der Waals surface area (Å²) in [5, 5.41) is 7.08. The fourth-order valence-corrected chi connectivity index (χ4v) is 13.0. The van der Waals surface area contributed by atoms with E-state index in [1.54, 1.807) is 0 Å². The molecule has 0 bridgehead atoms. The average molecular weight is 941 g/mol. The second-order valence-corrected chi connectivity index (χ2v) is 19.9. The molecular weight excluding hydrogens is 897 g/mol. The van der Waals surface area contributed by atoms with Gasteiger partial charge in [-0.3, -0.25) is 0 Å². The average Bonchev–Trinajstić information content (AvgIpc) is 4.20. The highest BCUT2D eigenvalue weighted by atomic mass is 16.3. The number of rotatable bonds is 6. The third-order valence-electron chi connectivity index (χ3n) is 16.2. The van der Waals surface area contributed by atoms with E-state index in [2.05, 4.69) is 276 Å². The Balaban J connectivity index is 0.848. The van der Waals surface area contributed by atoms with Crippen LogP contribution in [0.15, 0.2) is 271 Å². The summed E-state index contributed by atoms with van der Waals surface area (Å²) in [4.78, 5) is 2.43. The number of fused-ring (bicyclic) bond motifs is 18. The van der Waals surface area contributed by atoms with Crippen LogP contribution >= 0.6 is 0 Å². The van der Waals surface area contributed by atoms with Crippen molar-refractivity contribution < 1.29 is 4.42 Å². The highest BCUT2D eigenvalue weighted by molar-refractivity contribution is 6.23. The van der Waals surface area contributed by atoms with E-state index >= 15 is 0 Å². The molecule has 1 spiro atoms. The molecule has 0 saturated heterocycles. The van der Waals surface area contributed by atoms with Crippen LogP contribution < -0.4 is 4.90 Å². The van der Waals surface area contributed by atoms with Gasteiger partial charge in [-0.25, -0.2) is 0 Å². The van der Waals surface area contributed by atoms with Gasteiger partial charge in [0.15, 0.2) is 5.58 Å². The van der Waals surface area contributed by atoms with Crippen LogP contribution in [0.1, 0.15) is 22.3 Å². The van der Waals surface area contributed by atoms with Gasteiger partial charge in [0, 0.05) is 38.6 Å². The van der Waals surface area contributed by atoms with Gasteiger partial charge in [-0.2, -0.15) is 0 Å². The minimum Gasteiger partial charge on any atom is -0.454 e. The summed E-state index contributed by atoms with van der Waals surface area (Å²) in [6.45, 7) is 0. The SMILES string of the molecule is c1ccc(-n2c3ccccc3c3cc(-c4ccc(-c5ccc(N(c6ccc7c(c6)C6(c8ccccc8-c8ccccc86)c6ccccc6-7)c6cc7ccccc7c7c6oc6ccccc67)cc5)cc4)ccc32)cc1. The highest BCUT2D eigenvalue weighted by Crippen LogP contribution is 2.63. The summed E-state index contributed by atoms with van der Waals surface area (Å²) >= 11 is 0. The summed E-state index contributed by atoms with van der Waals surface area (Å²) in [7, 11) is 0. The minimum atomic E-state index is -0.484. The van der Waals surface area contributed by atoms with Gasteiger partial charge in [0.05, 0.1) is 22.1 Å². The zero-order valence-corrected chi connectivity index (χ0v) is 40.2. The molecule has 0 amide bonds. The van der Waals surface area contributed by atoms with E-state index in [1.165, 1.54) is 82.8 Å². The van der Waals surface area contributed by atoms with Crippen LogP contribution in [0.5, 0.6) is 0 Å². The predicted molar refractivity (Wildman–Crippen MR) is 307 cm³/mol. The normalized spacial score (nSPS) is 13.0. The van der Waals surface area contributed by atoms with E-state index in [9.17, 15) is 0 Å². The van der Waals surface area contributed by atoms with Gasteiger partial charge in [0.2, 0.25) is 0 Å². The molecule has 14 aromatic rings. The molecule has 0 fully saturated rings. The van der Waals surface area contributed by atoms with Crippen molar-refractivity contribution in [2.24, 2.45) is 0 Å². The molecule has 0 radical (unpaired) electrons. The molecule has 12 aromatic carbocycles. The molecule has 3 heteroatoms. The first-order chi connectivity index (χ1) is 36.7. The first-order valence-electron chi connectivity index (χ1n) is 25.6. The van der Waals surface area contributed by atoms with Crippen molar-refractivity contribution in [3.05, 3.63) is 289 Å². The van der Waals surface area contributed by atoms with Crippen LogP contribution in [-0.4, -0.2) is 4.57 Å². The third-order valence-corrected chi connectivity index (χ3v) is 16.2. The summed E-state index contributed by atoms with van der Waals surface area (Å²) in [6.07, 6.45) is 0. The van der Waals surface area contributed by atoms with E-state index in [-0.39, 0.29) is 0 Å². The quantitative estimate of drug-likeness (QED) is 0.166. The molecule has 2 aliphatic rings. The summed E-state index contributed by atoms with van der Waals surface area (Å²) in [6, 6.07) is 98.2. The van der Waals surface area contributed by atoms with E-state index in [4.69, 9.17) is 4.42 Å². The maximum Gasteiger partial charge on any atom is 0.160 e. The lowest BCUT2D eigenvalue weighted by Gasteiger charge is -2.32. The summed E-state index contributed by atoms with van der Waals surface area (Å²) in [5.74, 6) is 0. The Morgan fingerprint density at radius 2 is 0.851 bits per heavy atom. The van der Waals surface area contributed by atoms with Crippen LogP contribution in [0.25, 0.3) is 105 Å². The summed E-state index contributed by atoms with van der Waals surface area (Å²) < 4.78 is 9.38. The van der Waals surface area contributed by atoms with Crippen LogP contribution in [0, 0.1) is 0 Å². The number of anilines is 3. The molecule has 2 aromatic heterocycles. The molecule has 344 valence electrons. The smallest absolute Gasteiger partial charge is 0.160 e. The maximum atomic E-state index is 7.01. The lowest BCUT2D eigenvalue weighted by atomic mass is 9.70. The Hall–Kier alpha value is -9.70. The molecule has 0 N–H and O–H groups in total. The van der Waals surface area contributed by atoms with Crippen molar-refractivity contribution in [1.82, 2.24) is 4.57 Å². The Bertz CT molecular complexity index is 4530. The van der Waals surface area contributed by atoms with Crippen molar-refractivity contribution in [3.63, 3.8) is 0 Å². The van der Waals surface area contributed by atoms with E-state index in [1.807, 2.05) is 0 Å². The van der Waals surface area contributed by atoms with Gasteiger partial charge < -0.3 is 13.9 Å². The van der Waals surface area contributed by atoms with Crippen molar-refractivity contribution in [1.29, 1.82) is 0 Å². The fourth-order valence-electron chi connectivity index (χ4n) is 13.0. The second-order valence-electron chi connectivity index (χ2n) is 19.9. The standard InChI is InChI=1S/C71H44N2O/c1-2-17-50(18-3-1)73-65-28-14-9-23-58(65)60-42-48(36-41-66(60)73)47-32-30-45(31-33-47)46-34-37-51(38-35-46)72(67-43-49-16-4-5-19-53(49)69-59-24-10-15-29-68(59)74-70(67)69)52-39-40-57-56-22-8-13-27-63(56)71(64(57)44-52)61-25-11-6-20-54(61)55-21-7-12-26-62(55)71/h1-44H. The first kappa shape index (κ1) is 41.0. The number of hydrogen-bond acceptors (Lipinski definition) is 2. The zero-order valence-electron chi connectivity index (χ0n) is 40.2. The lowest BCUT2D eigenvalue weighted by Crippen LogP contribution is -2.26. The first-order valence-corrected chi connectivity index (χ1v) is 25.6. The van der Waals surface area contributed by atoms with Gasteiger partial charge in [0.25, 0.3) is 0 Å². The topological polar surface area (TPSA) is 21.3 Å². The monoisotopic (exact) mass is 940 g/mol. The molecule has 16 rings (SSSR count). The van der Waals surface area contributed by atoms with Crippen LogP contribution in [-0.2, 0) is 5.41 Å². The van der Waals surface area contributed by atoms with E-state index < -0.39 is 5.41 Å². The van der Waals surface area contributed by atoms with Crippen molar-refractivity contribution in [3.8, 4) is 50.2 Å². The molecule has 0 atom stereocenters. The van der Waals surface area contributed by atoms with E-state index in [0.29, 0.717) is 0 Å². The molecule has 0 saturated carbocycles. The van der Waals surface area contributed by atoms with Gasteiger partial charge in [-0.1, -0.05) is 200 Å². The van der Waals surface area contributed by atoms with Gasteiger partial charge >= 0.3 is 0 Å². The van der Waals surface area contributed by atoms with Gasteiger partial charge in [0.1, 0.15) is 5.58 Å². The van der Waals surface area contributed by atoms with Crippen molar-refractivity contribution >= 4 is 71.6 Å². The molecule has 0 aliphatic heterocycles. The third kappa shape index (κ3) is 5.72. The fraction of sp³-hybridized carbons (Fsp3) is 0.0141. The van der Waals surface area contributed by atoms with Gasteiger partial charge in [-0.15, -0.1) is 0 Å². The Kier molecular flexibility index (Phi) is 8.66. The summed E-state index contributed by atoms with van der Waals surface area (Å²) in [5.41, 5.74) is 23.0. The molecule has 2 aliphatic carbocycles. The minimum absolute atomic E-state index is 0.484. The lowest BCUT2D eigenvalue weighted by molar-refractivity contribution is 0.669. The molecule has 3 nitrogen and oxygen atoms in total. The van der Waals surface area contributed by atoms with Gasteiger partial charge in [-0.05, 0) is 144 Å². The number of furan rings is 1. The molecule has 2 heterocycles. The number of para-hydroxylation sites is 3. The molecule has 74 heavy (non-hydrogen) atoms. The number of benzene rings is 12. The zero-order chi connectivity index (χ0) is 48.5. The Morgan fingerprint density at radius 3 is 1.55 bits per heavy atom. The number of nitrogens with zero attached hydrogens (tertiary/aromatic N) is 2. The van der Waals surface area contributed by atoms with E-state index in [0.717, 1.165) is 61.2 Å². The largest absolute Gasteiger partial charge is 0.454 e. The second kappa shape index (κ2) is 15.6. The van der Waals surface area contributed by atoms with Crippen molar-refractivity contribution in [2.45, 2.75) is 5.41 Å². The number of hydrogen-bond donors (Lipinski definition) is 0. The molecule has 0 unspecified atom stereocenters. The predicted octanol–water partition coefficient (Wildman–Crippen LogP) is 19.0. The number of aromatic nitrogens is 1. The van der Waals surface area contributed by atoms with Crippen molar-refractivity contribution in [2.75, 3.05) is 4.90 Å². The van der Waals surface area contributed by atoms with Crippen LogP contribution in [0.4, 0.5) is 17.1 Å². The Morgan fingerprint density at radius 1 is 0.338 bits per heavy atom.